The summed E-state index contributed by atoms with van der Waals surface area (Å²) in [6.07, 6.45) is 1.75. The van der Waals surface area contributed by atoms with E-state index in [4.69, 9.17) is 9.47 Å². The number of H-pyrrole nitrogens is 1. The number of benzene rings is 2. The van der Waals surface area contributed by atoms with E-state index in [1.165, 1.54) is 0 Å². The van der Waals surface area contributed by atoms with Crippen LogP contribution in [0.25, 0.3) is 5.70 Å². The zero-order valence-corrected chi connectivity index (χ0v) is 15.0. The minimum Gasteiger partial charge on any atom is -0.497 e. The molecule has 6 heteroatoms. The molecule has 4 rings (SSSR count). The summed E-state index contributed by atoms with van der Waals surface area (Å²) < 4.78 is 10.9. The number of allylic oxidation sites excluding steroid dienone is 1. The number of nitriles is 1. The Kier molecular flexibility index (Phi) is 4.27. The molecule has 0 radical (unpaired) electrons. The van der Waals surface area contributed by atoms with Crippen LogP contribution in [0.15, 0.2) is 60.3 Å². The normalized spacial score (nSPS) is 15.5. The van der Waals surface area contributed by atoms with E-state index in [0.29, 0.717) is 5.57 Å². The van der Waals surface area contributed by atoms with Gasteiger partial charge in [-0.05, 0) is 18.2 Å². The highest BCUT2D eigenvalue weighted by molar-refractivity contribution is 5.87. The van der Waals surface area contributed by atoms with Gasteiger partial charge in [0.1, 0.15) is 17.3 Å². The van der Waals surface area contributed by atoms with Crippen molar-refractivity contribution in [1.29, 1.82) is 5.26 Å². The van der Waals surface area contributed by atoms with Gasteiger partial charge in [0, 0.05) is 16.7 Å². The topological polar surface area (TPSA) is 83.0 Å². The predicted octanol–water partition coefficient (Wildman–Crippen LogP) is 3.92. The zero-order chi connectivity index (χ0) is 18.8. The monoisotopic (exact) mass is 358 g/mol. The Balaban J connectivity index is 1.96. The molecule has 1 atom stereocenters. The molecule has 2 heterocycles. The molecule has 0 saturated heterocycles. The molecule has 134 valence electrons. The summed E-state index contributed by atoms with van der Waals surface area (Å²) in [6, 6.07) is 17.8. The van der Waals surface area contributed by atoms with E-state index in [1.54, 1.807) is 20.4 Å². The average Bonchev–Trinajstić information content (AvgIpc) is 3.20. The van der Waals surface area contributed by atoms with Gasteiger partial charge in [-0.15, -0.1) is 0 Å². The maximum absolute atomic E-state index is 10.1. The number of ether oxygens (including phenoxy) is 2. The second kappa shape index (κ2) is 6.89. The lowest BCUT2D eigenvalue weighted by atomic mass is 9.81. The minimum atomic E-state index is -0.289. The number of aromatic nitrogens is 2. The molecule has 0 saturated carbocycles. The van der Waals surface area contributed by atoms with Crippen LogP contribution < -0.4 is 14.8 Å². The highest BCUT2D eigenvalue weighted by atomic mass is 16.5. The number of hydrogen-bond acceptors (Lipinski definition) is 5. The number of nitrogens with one attached hydrogen (secondary N) is 2. The zero-order valence-electron chi connectivity index (χ0n) is 15.0. The Morgan fingerprint density at radius 3 is 2.67 bits per heavy atom. The highest BCUT2D eigenvalue weighted by Gasteiger charge is 2.33. The van der Waals surface area contributed by atoms with Gasteiger partial charge in [0.15, 0.2) is 0 Å². The Bertz CT molecular complexity index is 1060. The Labute approximate surface area is 157 Å². The fraction of sp³-hybridized carbons (Fsp3) is 0.143. The first-order chi connectivity index (χ1) is 13.3. The van der Waals surface area contributed by atoms with Crippen molar-refractivity contribution in [3.05, 3.63) is 77.0 Å². The van der Waals surface area contributed by atoms with Gasteiger partial charge >= 0.3 is 0 Å². The molecule has 0 aliphatic carbocycles. The summed E-state index contributed by atoms with van der Waals surface area (Å²) in [4.78, 5) is 0. The number of fused-ring (bicyclic) bond motifs is 1. The number of nitrogens with zero attached hydrogens (tertiary/aromatic N) is 2. The van der Waals surface area contributed by atoms with Crippen LogP contribution >= 0.6 is 0 Å². The minimum absolute atomic E-state index is 0.289. The van der Waals surface area contributed by atoms with Crippen molar-refractivity contribution in [2.45, 2.75) is 5.92 Å². The van der Waals surface area contributed by atoms with Gasteiger partial charge in [0.25, 0.3) is 0 Å². The Morgan fingerprint density at radius 1 is 1.04 bits per heavy atom. The van der Waals surface area contributed by atoms with E-state index >= 15 is 0 Å². The molecule has 3 aromatic rings. The molecule has 1 aromatic heterocycles. The van der Waals surface area contributed by atoms with Crippen LogP contribution in [0.5, 0.6) is 11.5 Å². The summed E-state index contributed by atoms with van der Waals surface area (Å²) in [7, 11) is 3.26. The van der Waals surface area contributed by atoms with Gasteiger partial charge in [0.2, 0.25) is 0 Å². The summed E-state index contributed by atoms with van der Waals surface area (Å²) in [5.74, 6) is 1.93. The molecule has 0 spiro atoms. The number of rotatable bonds is 4. The molecule has 27 heavy (non-hydrogen) atoms. The van der Waals surface area contributed by atoms with Gasteiger partial charge in [-0.1, -0.05) is 30.3 Å². The summed E-state index contributed by atoms with van der Waals surface area (Å²) >= 11 is 0. The lowest BCUT2D eigenvalue weighted by Gasteiger charge is -2.27. The van der Waals surface area contributed by atoms with E-state index in [0.717, 1.165) is 39.7 Å². The summed E-state index contributed by atoms with van der Waals surface area (Å²) in [5.41, 5.74) is 4.01. The second-order valence-corrected chi connectivity index (χ2v) is 6.13. The lowest BCUT2D eigenvalue weighted by Crippen LogP contribution is -2.17. The third-order valence-electron chi connectivity index (χ3n) is 4.72. The molecule has 1 aliphatic rings. The predicted molar refractivity (Wildman–Crippen MR) is 103 cm³/mol. The smallest absolute Gasteiger partial charge is 0.130 e. The van der Waals surface area contributed by atoms with Crippen molar-refractivity contribution >= 4 is 11.5 Å². The first-order valence-electron chi connectivity index (χ1n) is 8.48. The molecule has 0 amide bonds. The van der Waals surface area contributed by atoms with Crippen molar-refractivity contribution in [2.24, 2.45) is 0 Å². The number of methoxy groups -OCH3 is 2. The number of para-hydroxylation sites is 1. The number of aromatic amines is 1. The maximum Gasteiger partial charge on any atom is 0.130 e. The highest BCUT2D eigenvalue weighted by Crippen LogP contribution is 2.45. The van der Waals surface area contributed by atoms with Crippen molar-refractivity contribution in [2.75, 3.05) is 19.5 Å². The molecule has 0 bridgehead atoms. The standard InChI is InChI=1S/C21H18N4O2/c1-26-14-7-5-6-13(10-14)20-16(11-22)19(17-12-23-25-21(17)24-20)15-8-3-4-9-18(15)27-2/h3-10,12,19H,1-2H3,(H2,23,24,25). The first kappa shape index (κ1) is 16.7. The van der Waals surface area contributed by atoms with Crippen molar-refractivity contribution < 1.29 is 9.47 Å². The molecule has 0 fully saturated rings. The Hall–Kier alpha value is -3.72. The van der Waals surface area contributed by atoms with Crippen LogP contribution in [0.3, 0.4) is 0 Å². The van der Waals surface area contributed by atoms with Crippen molar-refractivity contribution in [3.8, 4) is 17.6 Å². The third kappa shape index (κ3) is 2.79. The lowest BCUT2D eigenvalue weighted by molar-refractivity contribution is 0.409. The van der Waals surface area contributed by atoms with Gasteiger partial charge < -0.3 is 14.8 Å². The van der Waals surface area contributed by atoms with Crippen molar-refractivity contribution in [3.63, 3.8) is 0 Å². The molecular formula is C21H18N4O2. The SMILES string of the molecule is COc1cccc(C2=C(C#N)C(c3ccccc3OC)c3cn[nH]c3N2)c1. The van der Waals surface area contributed by atoms with E-state index in [1.807, 2.05) is 48.5 Å². The third-order valence-corrected chi connectivity index (χ3v) is 4.72. The van der Waals surface area contributed by atoms with Crippen LogP contribution in [-0.2, 0) is 0 Å². The molecule has 1 aliphatic heterocycles. The van der Waals surface area contributed by atoms with Crippen LogP contribution in [0.4, 0.5) is 5.82 Å². The summed E-state index contributed by atoms with van der Waals surface area (Å²) in [5, 5.41) is 20.6. The van der Waals surface area contributed by atoms with Crippen LogP contribution in [0, 0.1) is 11.3 Å². The van der Waals surface area contributed by atoms with Gasteiger partial charge in [0.05, 0.1) is 43.7 Å². The second-order valence-electron chi connectivity index (χ2n) is 6.13. The molecule has 2 aromatic carbocycles. The van der Waals surface area contributed by atoms with Gasteiger partial charge in [-0.25, -0.2) is 0 Å². The van der Waals surface area contributed by atoms with E-state index in [-0.39, 0.29) is 5.92 Å². The van der Waals surface area contributed by atoms with Crippen molar-refractivity contribution in [1.82, 2.24) is 10.2 Å². The molecule has 6 nitrogen and oxygen atoms in total. The number of hydrogen-bond donors (Lipinski definition) is 2. The van der Waals surface area contributed by atoms with E-state index in [9.17, 15) is 5.26 Å². The van der Waals surface area contributed by atoms with Crippen LogP contribution in [-0.4, -0.2) is 24.4 Å². The van der Waals surface area contributed by atoms with E-state index in [2.05, 4.69) is 21.6 Å². The quantitative estimate of drug-likeness (QED) is 0.739. The Morgan fingerprint density at radius 2 is 1.89 bits per heavy atom. The molecule has 2 N–H and O–H groups in total. The van der Waals surface area contributed by atoms with Gasteiger partial charge in [-0.2, -0.15) is 10.4 Å². The average molecular weight is 358 g/mol. The number of anilines is 1. The van der Waals surface area contributed by atoms with Gasteiger partial charge in [-0.3, -0.25) is 5.10 Å². The summed E-state index contributed by atoms with van der Waals surface area (Å²) in [6.45, 7) is 0. The maximum atomic E-state index is 10.1. The fourth-order valence-electron chi connectivity index (χ4n) is 3.46. The van der Waals surface area contributed by atoms with Crippen LogP contribution in [0.2, 0.25) is 0 Å². The molecule has 1 unspecified atom stereocenters. The first-order valence-corrected chi connectivity index (χ1v) is 8.48. The largest absolute Gasteiger partial charge is 0.497 e. The molecular weight excluding hydrogens is 340 g/mol. The fourth-order valence-corrected chi connectivity index (χ4v) is 3.46. The van der Waals surface area contributed by atoms with Crippen LogP contribution in [0.1, 0.15) is 22.6 Å². The van der Waals surface area contributed by atoms with E-state index < -0.39 is 0 Å².